The minimum Gasteiger partial charge on any atom is -0.394 e. The van der Waals surface area contributed by atoms with Crippen LogP contribution >= 0.6 is 0 Å². The normalized spacial score (nSPS) is 39.7. The van der Waals surface area contributed by atoms with Crippen LogP contribution in [0.5, 0.6) is 0 Å². The van der Waals surface area contributed by atoms with Crippen molar-refractivity contribution < 1.29 is 212 Å². The van der Waals surface area contributed by atoms with Crippen LogP contribution in [0.4, 0.5) is 0 Å². The van der Waals surface area contributed by atoms with Crippen molar-refractivity contribution >= 4 is 23.6 Å². The Labute approximate surface area is 785 Å². The van der Waals surface area contributed by atoms with Crippen LogP contribution < -0.4 is 21.3 Å². The van der Waals surface area contributed by atoms with Crippen molar-refractivity contribution in [1.82, 2.24) is 21.3 Å². The SMILES string of the molecule is CCCCCCCCCCCCC/C=C/[C@@H](O)[C@H](CO[C@@H]1OC(CO)[C@@H](O[C@@H]2OC(CO)[C@H](O)[C@H](O[C@@H]3OC(CO)[C@@H](O[C@@H]4OC(CO[C@@H]5OC(CO)[C@@H](O[C@@H]6OC(CO)[C@H](O)[C@H](O)C6O)[C@H](O)C5NC(C)=O)[C@H](O)[C@H](O[C@@H]5OC(CO)[C@@H](O[C@@H]6OC(CO)[C@H](O)[C@H](O)C6O)[C@H](O)C5NC(C)=O)C4O)[C@H](O)C3NC(C)=O)C2O)[C@H](O)C1O)NC(=O)CCCCCCCCCCCCCCC. The van der Waals surface area contributed by atoms with E-state index in [-0.39, 0.29) is 12.3 Å². The maximum atomic E-state index is 13.6. The summed E-state index contributed by atoms with van der Waals surface area (Å²) in [7, 11) is 0. The van der Waals surface area contributed by atoms with E-state index in [1.165, 1.54) is 89.9 Å². The Morgan fingerprint density at radius 3 is 0.956 bits per heavy atom. The Balaban J connectivity index is 0.993. The van der Waals surface area contributed by atoms with Gasteiger partial charge in [-0.1, -0.05) is 167 Å². The number of aliphatic hydroxyl groups excluding tert-OH is 23. The lowest BCUT2D eigenvalue weighted by Crippen LogP contribution is -2.71. The number of aliphatic hydroxyl groups is 23. The van der Waals surface area contributed by atoms with Crippen LogP contribution in [-0.4, -0.2) is 458 Å². The Kier molecular flexibility index (Phi) is 51.1. The maximum absolute atomic E-state index is 13.6. The zero-order valence-corrected chi connectivity index (χ0v) is 77.6. The van der Waals surface area contributed by atoms with E-state index in [0.29, 0.717) is 12.8 Å². The van der Waals surface area contributed by atoms with Gasteiger partial charge in [0.25, 0.3) is 0 Å². The van der Waals surface area contributed by atoms with Gasteiger partial charge in [0.15, 0.2) is 50.3 Å². The van der Waals surface area contributed by atoms with Crippen molar-refractivity contribution in [3.05, 3.63) is 12.2 Å². The van der Waals surface area contributed by atoms with Gasteiger partial charge in [0.2, 0.25) is 23.6 Å². The third kappa shape index (κ3) is 33.0. The number of nitrogens with one attached hydrogen (secondary N) is 4. The second-order valence-electron chi connectivity index (χ2n) is 36.3. The van der Waals surface area contributed by atoms with Crippen LogP contribution in [0.2, 0.25) is 0 Å². The van der Waals surface area contributed by atoms with Crippen LogP contribution in [0, 0.1) is 0 Å². The molecule has 0 saturated carbocycles. The first kappa shape index (κ1) is 116. The number of ether oxygens (including phenoxy) is 16. The number of carbonyl (C=O) groups is 4. The minimum atomic E-state index is -2.47. The van der Waals surface area contributed by atoms with Gasteiger partial charge in [-0.3, -0.25) is 19.2 Å². The zero-order valence-electron chi connectivity index (χ0n) is 77.6. The fraction of sp³-hybridized carbons (Fsp3) is 0.932. The highest BCUT2D eigenvalue weighted by atomic mass is 16.8. The summed E-state index contributed by atoms with van der Waals surface area (Å²) in [5.41, 5.74) is 0. The Morgan fingerprint density at radius 1 is 0.296 bits per heavy atom. The monoisotopic (exact) mass is 1960 g/mol. The summed E-state index contributed by atoms with van der Waals surface area (Å²) in [5, 5.41) is 269. The third-order valence-electron chi connectivity index (χ3n) is 25.8. The topological polar surface area (TPSA) is 729 Å². The fourth-order valence-electron chi connectivity index (χ4n) is 18.0. The number of hydrogen-bond donors (Lipinski definition) is 27. The molecule has 135 heavy (non-hydrogen) atoms. The number of amides is 4. The Morgan fingerprint density at radius 2 is 0.585 bits per heavy atom. The molecule has 0 aromatic heterocycles. The number of carbonyl (C=O) groups excluding carboxylic acids is 4. The van der Waals surface area contributed by atoms with Crippen LogP contribution in [0.25, 0.3) is 0 Å². The van der Waals surface area contributed by atoms with E-state index in [0.717, 1.165) is 78.6 Å². The molecule has 4 amide bonds. The van der Waals surface area contributed by atoms with Crippen LogP contribution in [-0.2, 0) is 95.0 Å². The van der Waals surface area contributed by atoms with E-state index in [1.54, 1.807) is 6.08 Å². The van der Waals surface area contributed by atoms with Gasteiger partial charge in [-0.25, -0.2) is 0 Å². The summed E-state index contributed by atoms with van der Waals surface area (Å²) >= 11 is 0. The van der Waals surface area contributed by atoms with Crippen molar-refractivity contribution in [1.29, 1.82) is 0 Å². The van der Waals surface area contributed by atoms with Gasteiger partial charge in [0, 0.05) is 27.2 Å². The van der Waals surface area contributed by atoms with Gasteiger partial charge in [0.1, 0.15) is 195 Å². The first-order valence-corrected chi connectivity index (χ1v) is 48.0. The van der Waals surface area contributed by atoms with Crippen molar-refractivity contribution in [2.24, 2.45) is 0 Å². The fourth-order valence-corrected chi connectivity index (χ4v) is 18.0. The van der Waals surface area contributed by atoms with Crippen molar-refractivity contribution in [3.63, 3.8) is 0 Å². The van der Waals surface area contributed by atoms with Gasteiger partial charge in [-0.15, -0.1) is 0 Å². The van der Waals surface area contributed by atoms with Crippen LogP contribution in [0.1, 0.15) is 202 Å². The van der Waals surface area contributed by atoms with Gasteiger partial charge in [-0.2, -0.15) is 0 Å². The number of allylic oxidation sites excluding steroid dienone is 1. The van der Waals surface area contributed by atoms with Crippen LogP contribution in [0.15, 0.2) is 12.2 Å². The average molecular weight is 1960 g/mol. The number of rotatable bonds is 57. The largest absolute Gasteiger partial charge is 0.394 e. The van der Waals surface area contributed by atoms with E-state index in [4.69, 9.17) is 75.8 Å². The molecule has 0 aliphatic carbocycles. The molecule has 8 saturated heterocycles. The maximum Gasteiger partial charge on any atom is 0.220 e. The number of hydrogen-bond acceptors (Lipinski definition) is 43. The molecule has 8 aliphatic rings. The third-order valence-corrected chi connectivity index (χ3v) is 25.8. The minimum absolute atomic E-state index is 0.140. The summed E-state index contributed by atoms with van der Waals surface area (Å²) in [6.07, 6.45) is -45.0. The predicted molar refractivity (Wildman–Crippen MR) is 461 cm³/mol. The van der Waals surface area contributed by atoms with Gasteiger partial charge >= 0.3 is 0 Å². The van der Waals surface area contributed by atoms with E-state index in [9.17, 15) is 137 Å². The average Bonchev–Trinajstić information content (AvgIpc) is 0.621. The first-order chi connectivity index (χ1) is 64.6. The molecule has 27 N–H and O–H groups in total. The van der Waals surface area contributed by atoms with Crippen LogP contribution in [0.3, 0.4) is 0 Å². The molecule has 0 bridgehead atoms. The molecule has 786 valence electrons. The van der Waals surface area contributed by atoms with Crippen molar-refractivity contribution in [3.8, 4) is 0 Å². The van der Waals surface area contributed by atoms with E-state index in [2.05, 4.69) is 35.1 Å². The summed E-state index contributed by atoms with van der Waals surface area (Å²) in [5.74, 6) is -3.15. The molecular weight excluding hydrogens is 1800 g/mol. The molecule has 8 heterocycles. The molecule has 42 atom stereocenters. The molecule has 0 aromatic rings. The van der Waals surface area contributed by atoms with Crippen molar-refractivity contribution in [2.45, 2.75) is 459 Å². The Hall–Kier alpha value is -3.94. The lowest BCUT2D eigenvalue weighted by molar-refractivity contribution is -0.389. The van der Waals surface area contributed by atoms with E-state index in [1.807, 2.05) is 6.08 Å². The molecule has 0 aromatic carbocycles. The lowest BCUT2D eigenvalue weighted by Gasteiger charge is -2.51. The highest BCUT2D eigenvalue weighted by molar-refractivity contribution is 5.76. The van der Waals surface area contributed by atoms with Gasteiger partial charge in [0.05, 0.1) is 71.6 Å². The first-order valence-electron chi connectivity index (χ1n) is 48.0. The molecule has 47 heteroatoms. The molecular formula is C88H156N4O43. The zero-order chi connectivity index (χ0) is 98.9. The molecule has 0 radical (unpaired) electrons. The van der Waals surface area contributed by atoms with E-state index >= 15 is 0 Å². The second kappa shape index (κ2) is 59.3. The van der Waals surface area contributed by atoms with E-state index < -0.39 is 335 Å². The highest BCUT2D eigenvalue weighted by Gasteiger charge is 2.60. The molecule has 8 fully saturated rings. The summed E-state index contributed by atoms with van der Waals surface area (Å²) in [6.45, 7) is -1.61. The predicted octanol–water partition coefficient (Wildman–Crippen LogP) is -7.41. The second-order valence-corrected chi connectivity index (χ2v) is 36.3. The van der Waals surface area contributed by atoms with Gasteiger partial charge < -0.3 is 215 Å². The summed E-state index contributed by atoms with van der Waals surface area (Å²) in [4.78, 5) is 52.9. The quantitative estimate of drug-likeness (QED) is 0.0199. The molecule has 8 aliphatic heterocycles. The summed E-state index contributed by atoms with van der Waals surface area (Å²) in [6, 6.07) is -6.84. The van der Waals surface area contributed by atoms with Gasteiger partial charge in [-0.05, 0) is 19.3 Å². The molecule has 16 unspecified atom stereocenters. The smallest absolute Gasteiger partial charge is 0.220 e. The molecule has 47 nitrogen and oxygen atoms in total. The standard InChI is InChI=1S/C88H156N4O43/c1-6-8-10-12-14-16-18-20-22-24-26-28-30-32-47(103)46(92-56(104)33-31-29-27-25-23-21-19-17-15-13-11-9-7-2)41-120-84-72(117)69(114)78(54(40-99)128-84)133-87-73(118)79(62(107)50(36-95)124-87)134-82-59(91-45(5)102)66(111)77(53(39-98)127-82)132-88-74(119)80(135-83-58(90-44(4)101)65(110)76(52(38-97)126-83)131-86-71(116)68(113)61(106)49(35-94)123-86)63(108)55(129-88)42-121-81-57(89-43(3)100)64(109)75(51(37-96)125-81)130-85-70(115)67(112)60(105)48(34-93)122-85/h30,32,46-55,57-88,93-99,103,105-119H,6-29,31,33-42H2,1-5H3,(H,89,100)(H,90,101)(H,91,102)(H,92,104)/b32-30+/t46-,47+,48?,49?,50?,51?,52?,53?,54?,55?,57?,58?,59?,60-,61-,62-,63-,64+,65+,66+,67-,68-,69+,70?,71?,72?,73?,74?,75+,76+,77+,78+,79-,80-,81+,82-,83-,84+,85-,86-,87-,88-/m0/s1. The lowest BCUT2D eigenvalue weighted by atomic mass is 9.93. The summed E-state index contributed by atoms with van der Waals surface area (Å²) < 4.78 is 95.7. The van der Waals surface area contributed by atoms with Crippen molar-refractivity contribution in [2.75, 3.05) is 59.5 Å². The molecule has 0 spiro atoms. The molecule has 8 rings (SSSR count). The Bertz CT molecular complexity index is 3360. The highest BCUT2D eigenvalue weighted by Crippen LogP contribution is 2.40. The number of unbranched alkanes of at least 4 members (excludes halogenated alkanes) is 23.